The number of anilines is 2. The molecule has 4 rings (SSSR count). The van der Waals surface area contributed by atoms with Crippen LogP contribution in [0.25, 0.3) is 0 Å². The minimum atomic E-state index is -0.481. The Morgan fingerprint density at radius 2 is 1.81 bits per heavy atom. The lowest BCUT2D eigenvalue weighted by molar-refractivity contribution is -0.125. The minimum Gasteiger partial charge on any atom is -0.493 e. The van der Waals surface area contributed by atoms with Crippen LogP contribution in [0, 0.1) is 19.8 Å². The van der Waals surface area contributed by atoms with Crippen molar-refractivity contribution >= 4 is 46.4 Å². The summed E-state index contributed by atoms with van der Waals surface area (Å²) in [5.74, 6) is -0.0503. The summed E-state index contributed by atoms with van der Waals surface area (Å²) < 4.78 is 11.3. The highest BCUT2D eigenvalue weighted by molar-refractivity contribution is 6.32. The maximum Gasteiger partial charge on any atom is 0.243 e. The largest absolute Gasteiger partial charge is 0.493 e. The van der Waals surface area contributed by atoms with Gasteiger partial charge in [-0.1, -0.05) is 41.4 Å². The number of amides is 2. The van der Waals surface area contributed by atoms with E-state index in [1.165, 1.54) is 7.11 Å². The van der Waals surface area contributed by atoms with Crippen molar-refractivity contribution in [3.63, 3.8) is 0 Å². The van der Waals surface area contributed by atoms with Crippen LogP contribution in [0.15, 0.2) is 54.6 Å². The fraction of sp³-hybridized carbons (Fsp3) is 0.259. The Kier molecular flexibility index (Phi) is 7.91. The maximum absolute atomic E-state index is 12.8. The van der Waals surface area contributed by atoms with Crippen LogP contribution in [0.4, 0.5) is 11.4 Å². The number of hydrogen-bond donors (Lipinski definition) is 2. The number of carbonyl (C=O) groups excluding carboxylic acids is 2. The Hall–Kier alpha value is -3.42. The average molecular weight is 528 g/mol. The molecule has 0 bridgehead atoms. The van der Waals surface area contributed by atoms with Crippen molar-refractivity contribution in [3.8, 4) is 11.5 Å². The number of aryl methyl sites for hydroxylation is 2. The van der Waals surface area contributed by atoms with Crippen LogP contribution < -0.4 is 25.2 Å². The third kappa shape index (κ3) is 5.86. The summed E-state index contributed by atoms with van der Waals surface area (Å²) in [5, 5.41) is 0.962. The van der Waals surface area contributed by atoms with Crippen LogP contribution in [-0.2, 0) is 16.2 Å². The molecule has 1 heterocycles. The quantitative estimate of drug-likeness (QED) is 0.367. The maximum atomic E-state index is 12.8. The summed E-state index contributed by atoms with van der Waals surface area (Å²) in [5.41, 5.74) is 10.0. The molecule has 36 heavy (non-hydrogen) atoms. The van der Waals surface area contributed by atoms with E-state index in [4.69, 9.17) is 32.7 Å². The van der Waals surface area contributed by atoms with E-state index in [0.717, 1.165) is 22.4 Å². The molecule has 1 aliphatic heterocycles. The van der Waals surface area contributed by atoms with Gasteiger partial charge in [-0.15, -0.1) is 0 Å². The second-order valence-electron chi connectivity index (χ2n) is 8.69. The smallest absolute Gasteiger partial charge is 0.243 e. The number of hydrogen-bond acceptors (Lipinski definition) is 5. The Labute approximate surface area is 220 Å². The molecule has 2 N–H and O–H groups in total. The molecule has 1 aliphatic rings. The zero-order valence-electron chi connectivity index (χ0n) is 20.2. The number of methoxy groups -OCH3 is 1. The van der Waals surface area contributed by atoms with Crippen molar-refractivity contribution in [2.75, 3.05) is 24.0 Å². The number of carbonyl (C=O) groups is 2. The van der Waals surface area contributed by atoms with E-state index in [1.807, 2.05) is 44.2 Å². The van der Waals surface area contributed by atoms with Gasteiger partial charge < -0.3 is 14.4 Å². The highest BCUT2D eigenvalue weighted by atomic mass is 35.5. The highest BCUT2D eigenvalue weighted by Crippen LogP contribution is 2.38. The number of nitrogens with one attached hydrogen (secondary N) is 2. The second kappa shape index (κ2) is 11.1. The molecule has 188 valence electrons. The molecule has 0 aromatic heterocycles. The SMILES string of the molecule is COc1cc(NNC(=O)[C@H]2CC(=O)N(c3ccc(C)c(C)c3)C2)cc(Cl)c1OCc1ccc(Cl)cc1. The van der Waals surface area contributed by atoms with Gasteiger partial charge in [0.05, 0.1) is 23.7 Å². The van der Waals surface area contributed by atoms with Crippen LogP contribution >= 0.6 is 23.2 Å². The van der Waals surface area contributed by atoms with Gasteiger partial charge >= 0.3 is 0 Å². The van der Waals surface area contributed by atoms with Gasteiger partial charge in [0.1, 0.15) is 6.61 Å². The lowest BCUT2D eigenvalue weighted by Crippen LogP contribution is -2.36. The summed E-state index contributed by atoms with van der Waals surface area (Å²) in [4.78, 5) is 27.0. The number of halogens is 2. The molecule has 9 heteroatoms. The van der Waals surface area contributed by atoms with Gasteiger partial charge in [-0.25, -0.2) is 0 Å². The Bertz CT molecular complexity index is 1280. The van der Waals surface area contributed by atoms with Crippen LogP contribution in [-0.4, -0.2) is 25.5 Å². The average Bonchev–Trinajstić information content (AvgIpc) is 3.26. The van der Waals surface area contributed by atoms with Gasteiger partial charge in [-0.3, -0.25) is 20.4 Å². The minimum absolute atomic E-state index is 0.0784. The monoisotopic (exact) mass is 527 g/mol. The molecule has 3 aromatic carbocycles. The molecule has 0 radical (unpaired) electrons. The zero-order chi connectivity index (χ0) is 25.8. The fourth-order valence-corrected chi connectivity index (χ4v) is 4.32. The molecule has 0 aliphatic carbocycles. The standard InChI is InChI=1S/C27H27Cl2N3O4/c1-16-4-9-22(10-17(16)2)32-14-19(11-25(32)33)27(34)31-30-21-12-23(29)26(24(13-21)35-3)36-15-18-5-7-20(28)8-6-18/h4-10,12-13,19,30H,11,14-15H2,1-3H3,(H,31,34)/t19-/m0/s1. The van der Waals surface area contributed by atoms with Crippen molar-refractivity contribution in [3.05, 3.63) is 81.3 Å². The predicted molar refractivity (Wildman–Crippen MR) is 142 cm³/mol. The van der Waals surface area contributed by atoms with E-state index in [-0.39, 0.29) is 24.8 Å². The van der Waals surface area contributed by atoms with E-state index in [2.05, 4.69) is 10.9 Å². The van der Waals surface area contributed by atoms with Crippen molar-refractivity contribution in [1.82, 2.24) is 5.43 Å². The molecular weight excluding hydrogens is 501 g/mol. The number of ether oxygens (including phenoxy) is 2. The number of rotatable bonds is 8. The van der Waals surface area contributed by atoms with E-state index >= 15 is 0 Å². The molecule has 3 aromatic rings. The summed E-state index contributed by atoms with van der Waals surface area (Å²) in [6.07, 6.45) is 0.141. The molecule has 1 saturated heterocycles. The van der Waals surface area contributed by atoms with E-state index in [0.29, 0.717) is 33.8 Å². The van der Waals surface area contributed by atoms with Crippen LogP contribution in [0.3, 0.4) is 0 Å². The first kappa shape index (κ1) is 25.7. The van der Waals surface area contributed by atoms with Crippen molar-refractivity contribution < 1.29 is 19.1 Å². The highest BCUT2D eigenvalue weighted by Gasteiger charge is 2.35. The molecule has 0 spiro atoms. The summed E-state index contributed by atoms with van der Waals surface area (Å²) in [6, 6.07) is 16.5. The molecule has 7 nitrogen and oxygen atoms in total. The van der Waals surface area contributed by atoms with Gasteiger partial charge in [-0.05, 0) is 60.9 Å². The Morgan fingerprint density at radius 1 is 1.06 bits per heavy atom. The summed E-state index contributed by atoms with van der Waals surface area (Å²) >= 11 is 12.4. The predicted octanol–water partition coefficient (Wildman–Crippen LogP) is 5.69. The van der Waals surface area contributed by atoms with Crippen LogP contribution in [0.1, 0.15) is 23.1 Å². The van der Waals surface area contributed by atoms with Crippen molar-refractivity contribution in [1.29, 1.82) is 0 Å². The lowest BCUT2D eigenvalue weighted by Gasteiger charge is -2.18. The number of nitrogens with zero attached hydrogens (tertiary/aromatic N) is 1. The molecule has 1 fully saturated rings. The van der Waals surface area contributed by atoms with Gasteiger partial charge in [0.2, 0.25) is 11.8 Å². The summed E-state index contributed by atoms with van der Waals surface area (Å²) in [7, 11) is 1.51. The van der Waals surface area contributed by atoms with Gasteiger partial charge in [0.25, 0.3) is 0 Å². The van der Waals surface area contributed by atoms with E-state index in [9.17, 15) is 9.59 Å². The van der Waals surface area contributed by atoms with E-state index < -0.39 is 5.92 Å². The zero-order valence-corrected chi connectivity index (χ0v) is 21.7. The summed E-state index contributed by atoms with van der Waals surface area (Å²) in [6.45, 7) is 4.62. The fourth-order valence-electron chi connectivity index (χ4n) is 3.93. The van der Waals surface area contributed by atoms with E-state index in [1.54, 1.807) is 29.2 Å². The van der Waals surface area contributed by atoms with Gasteiger partial charge in [0.15, 0.2) is 11.5 Å². The normalized spacial score (nSPS) is 15.1. The molecule has 1 atom stereocenters. The first-order chi connectivity index (χ1) is 17.2. The third-order valence-corrected chi connectivity index (χ3v) is 6.69. The van der Waals surface area contributed by atoms with Crippen LogP contribution in [0.5, 0.6) is 11.5 Å². The Morgan fingerprint density at radius 3 is 2.50 bits per heavy atom. The molecular formula is C27H27Cl2N3O4. The first-order valence-corrected chi connectivity index (χ1v) is 12.2. The van der Waals surface area contributed by atoms with Gasteiger partial charge in [-0.2, -0.15) is 0 Å². The lowest BCUT2D eigenvalue weighted by atomic mass is 10.1. The van der Waals surface area contributed by atoms with Gasteiger partial charge in [0, 0.05) is 29.7 Å². The van der Waals surface area contributed by atoms with Crippen molar-refractivity contribution in [2.45, 2.75) is 26.9 Å². The Balaban J connectivity index is 1.37. The molecule has 0 saturated carbocycles. The molecule has 2 amide bonds. The first-order valence-electron chi connectivity index (χ1n) is 11.4. The third-order valence-electron chi connectivity index (χ3n) is 6.15. The number of hydrazine groups is 1. The molecule has 0 unspecified atom stereocenters. The number of benzene rings is 3. The van der Waals surface area contributed by atoms with Crippen molar-refractivity contribution in [2.24, 2.45) is 5.92 Å². The second-order valence-corrected chi connectivity index (χ2v) is 9.54. The topological polar surface area (TPSA) is 79.9 Å². The van der Waals surface area contributed by atoms with Crippen LogP contribution in [0.2, 0.25) is 10.0 Å².